The summed E-state index contributed by atoms with van der Waals surface area (Å²) in [5.74, 6) is 1.21. The highest BCUT2D eigenvalue weighted by molar-refractivity contribution is 5.81. The number of carbonyl (C=O) groups excluding carboxylic acids is 1. The second-order valence-electron chi connectivity index (χ2n) is 7.45. The van der Waals surface area contributed by atoms with E-state index < -0.39 is 0 Å². The van der Waals surface area contributed by atoms with Crippen LogP contribution in [0.5, 0.6) is 0 Å². The summed E-state index contributed by atoms with van der Waals surface area (Å²) in [5, 5.41) is 3.69. The second-order valence-corrected chi connectivity index (χ2v) is 7.45. The summed E-state index contributed by atoms with van der Waals surface area (Å²) >= 11 is 0. The van der Waals surface area contributed by atoms with E-state index in [1.54, 1.807) is 0 Å². The van der Waals surface area contributed by atoms with Crippen LogP contribution < -0.4 is 5.32 Å². The highest BCUT2D eigenvalue weighted by atomic mass is 16.2. The third-order valence-corrected chi connectivity index (χ3v) is 5.50. The zero-order valence-corrected chi connectivity index (χ0v) is 14.5. The number of aryl methyl sites for hydroxylation is 1. The van der Waals surface area contributed by atoms with Gasteiger partial charge in [-0.3, -0.25) is 4.79 Å². The summed E-state index contributed by atoms with van der Waals surface area (Å²) in [6.07, 6.45) is 7.27. The van der Waals surface area contributed by atoms with E-state index in [1.807, 2.05) is 6.20 Å². The summed E-state index contributed by atoms with van der Waals surface area (Å²) in [4.78, 5) is 18.8. The molecule has 0 aromatic carbocycles. The molecule has 24 heavy (non-hydrogen) atoms. The van der Waals surface area contributed by atoms with Crippen LogP contribution in [0.4, 0.5) is 0 Å². The van der Waals surface area contributed by atoms with Crippen LogP contribution in [0.25, 0.3) is 5.65 Å². The number of aromatic nitrogens is 2. The van der Waals surface area contributed by atoms with Crippen LogP contribution in [0.3, 0.4) is 0 Å². The van der Waals surface area contributed by atoms with Crippen molar-refractivity contribution in [1.82, 2.24) is 19.6 Å². The summed E-state index contributed by atoms with van der Waals surface area (Å²) < 4.78 is 2.17. The van der Waals surface area contributed by atoms with E-state index in [0.29, 0.717) is 23.8 Å². The first-order valence-corrected chi connectivity index (χ1v) is 9.07. The Morgan fingerprint density at radius 3 is 2.96 bits per heavy atom. The summed E-state index contributed by atoms with van der Waals surface area (Å²) in [6.45, 7) is 6.94. The van der Waals surface area contributed by atoms with Gasteiger partial charge in [-0.1, -0.05) is 13.0 Å². The molecule has 5 nitrogen and oxygen atoms in total. The summed E-state index contributed by atoms with van der Waals surface area (Å²) in [7, 11) is 0. The van der Waals surface area contributed by atoms with Crippen molar-refractivity contribution in [1.29, 1.82) is 0 Å². The van der Waals surface area contributed by atoms with Crippen LogP contribution in [-0.2, 0) is 11.3 Å². The topological polar surface area (TPSA) is 49.6 Å². The van der Waals surface area contributed by atoms with Crippen molar-refractivity contribution in [3.63, 3.8) is 0 Å². The van der Waals surface area contributed by atoms with E-state index in [2.05, 4.69) is 51.8 Å². The number of fused-ring (bicyclic) bond motifs is 1. The Morgan fingerprint density at radius 2 is 2.21 bits per heavy atom. The summed E-state index contributed by atoms with van der Waals surface area (Å²) in [5.41, 5.74) is 3.42. The molecule has 2 aliphatic rings. The van der Waals surface area contributed by atoms with Gasteiger partial charge in [-0.2, -0.15) is 0 Å². The smallest absolute Gasteiger partial charge is 0.225 e. The number of likely N-dealkylation sites (tertiary alicyclic amines) is 1. The van der Waals surface area contributed by atoms with Crippen LogP contribution in [0, 0.1) is 18.8 Å². The SMILES string of the molecule is Cc1cccn2c(CN[C@@H]3CCN(C(=O)C4CC4)C[C@@H]3C)cnc12. The van der Waals surface area contributed by atoms with Crippen LogP contribution in [0.15, 0.2) is 24.5 Å². The van der Waals surface area contributed by atoms with Gasteiger partial charge in [0, 0.05) is 37.8 Å². The Kier molecular flexibility index (Phi) is 4.04. The number of imidazole rings is 1. The van der Waals surface area contributed by atoms with Crippen LogP contribution in [0.2, 0.25) is 0 Å². The van der Waals surface area contributed by atoms with Crippen LogP contribution in [-0.4, -0.2) is 39.3 Å². The molecule has 1 saturated heterocycles. The van der Waals surface area contributed by atoms with Crippen molar-refractivity contribution >= 4 is 11.6 Å². The van der Waals surface area contributed by atoms with Gasteiger partial charge in [0.05, 0.1) is 11.9 Å². The molecule has 5 heteroatoms. The number of piperidine rings is 1. The van der Waals surface area contributed by atoms with Gasteiger partial charge < -0.3 is 14.6 Å². The molecule has 1 N–H and O–H groups in total. The van der Waals surface area contributed by atoms with Crippen LogP contribution in [0.1, 0.15) is 37.4 Å². The average Bonchev–Trinajstić information content (AvgIpc) is 3.34. The van der Waals surface area contributed by atoms with E-state index in [4.69, 9.17) is 0 Å². The third kappa shape index (κ3) is 2.93. The Hall–Kier alpha value is -1.88. The maximum atomic E-state index is 12.2. The maximum absolute atomic E-state index is 12.2. The fourth-order valence-electron chi connectivity index (χ4n) is 3.81. The monoisotopic (exact) mass is 326 g/mol. The van der Waals surface area contributed by atoms with Crippen molar-refractivity contribution in [2.24, 2.45) is 11.8 Å². The lowest BCUT2D eigenvalue weighted by Gasteiger charge is -2.37. The highest BCUT2D eigenvalue weighted by Crippen LogP contribution is 2.32. The molecule has 0 radical (unpaired) electrons. The van der Waals surface area contributed by atoms with Crippen molar-refractivity contribution in [3.05, 3.63) is 35.8 Å². The highest BCUT2D eigenvalue weighted by Gasteiger charge is 2.36. The van der Waals surface area contributed by atoms with Crippen LogP contribution >= 0.6 is 0 Å². The van der Waals surface area contributed by atoms with E-state index in [9.17, 15) is 4.79 Å². The van der Waals surface area contributed by atoms with Gasteiger partial charge in [-0.15, -0.1) is 0 Å². The Morgan fingerprint density at radius 1 is 1.38 bits per heavy atom. The zero-order chi connectivity index (χ0) is 16.7. The molecule has 1 saturated carbocycles. The standard InChI is InChI=1S/C19H26N4O/c1-13-4-3-8-23-16(11-21-18(13)23)10-20-17-7-9-22(12-14(17)2)19(24)15-5-6-15/h3-4,8,11,14-15,17,20H,5-7,9-10,12H2,1-2H3/t14-,17+/m0/s1. The summed E-state index contributed by atoms with van der Waals surface area (Å²) in [6, 6.07) is 4.62. The number of hydrogen-bond donors (Lipinski definition) is 1. The first kappa shape index (κ1) is 15.6. The molecule has 0 bridgehead atoms. The van der Waals surface area contributed by atoms with Gasteiger partial charge in [-0.05, 0) is 43.7 Å². The van der Waals surface area contributed by atoms with E-state index in [1.165, 1.54) is 11.3 Å². The van der Waals surface area contributed by atoms with E-state index in [-0.39, 0.29) is 0 Å². The molecular weight excluding hydrogens is 300 g/mol. The van der Waals surface area contributed by atoms with Gasteiger partial charge >= 0.3 is 0 Å². The molecule has 2 aromatic rings. The lowest BCUT2D eigenvalue weighted by atomic mass is 9.93. The normalized spacial score (nSPS) is 24.5. The minimum atomic E-state index is 0.336. The minimum Gasteiger partial charge on any atom is -0.342 e. The molecule has 4 rings (SSSR count). The molecule has 0 unspecified atom stereocenters. The van der Waals surface area contributed by atoms with Gasteiger partial charge in [0.15, 0.2) is 0 Å². The van der Waals surface area contributed by atoms with Gasteiger partial charge in [0.2, 0.25) is 5.91 Å². The lowest BCUT2D eigenvalue weighted by molar-refractivity contribution is -0.134. The predicted octanol–water partition coefficient (Wildman–Crippen LogP) is 2.38. The molecule has 1 aliphatic heterocycles. The van der Waals surface area contributed by atoms with Crippen molar-refractivity contribution < 1.29 is 4.79 Å². The van der Waals surface area contributed by atoms with Gasteiger partial charge in [0.1, 0.15) is 5.65 Å². The zero-order valence-electron chi connectivity index (χ0n) is 14.5. The fraction of sp³-hybridized carbons (Fsp3) is 0.579. The molecule has 3 heterocycles. The number of rotatable bonds is 4. The first-order chi connectivity index (χ1) is 11.6. The van der Waals surface area contributed by atoms with Crippen molar-refractivity contribution in [2.45, 2.75) is 45.7 Å². The number of amides is 1. The predicted molar refractivity (Wildman–Crippen MR) is 93.6 cm³/mol. The largest absolute Gasteiger partial charge is 0.342 e. The Labute approximate surface area is 143 Å². The van der Waals surface area contributed by atoms with Crippen molar-refractivity contribution in [3.8, 4) is 0 Å². The molecule has 1 amide bonds. The van der Waals surface area contributed by atoms with E-state index >= 15 is 0 Å². The minimum absolute atomic E-state index is 0.336. The average molecular weight is 326 g/mol. The van der Waals surface area contributed by atoms with E-state index in [0.717, 1.165) is 44.5 Å². The Balaban J connectivity index is 1.37. The fourth-order valence-corrected chi connectivity index (χ4v) is 3.81. The first-order valence-electron chi connectivity index (χ1n) is 9.07. The number of carbonyl (C=O) groups is 1. The number of hydrogen-bond acceptors (Lipinski definition) is 3. The molecule has 1 aliphatic carbocycles. The molecular formula is C19H26N4O. The molecule has 2 atom stereocenters. The molecule has 128 valence electrons. The number of nitrogens with zero attached hydrogens (tertiary/aromatic N) is 3. The lowest BCUT2D eigenvalue weighted by Crippen LogP contribution is -2.50. The third-order valence-electron chi connectivity index (χ3n) is 5.50. The van der Waals surface area contributed by atoms with Crippen molar-refractivity contribution in [2.75, 3.05) is 13.1 Å². The molecule has 0 spiro atoms. The quantitative estimate of drug-likeness (QED) is 0.938. The van der Waals surface area contributed by atoms with Gasteiger partial charge in [0.25, 0.3) is 0 Å². The maximum Gasteiger partial charge on any atom is 0.225 e. The molecule has 2 fully saturated rings. The Bertz CT molecular complexity index is 749. The number of pyridine rings is 1. The number of nitrogens with one attached hydrogen (secondary N) is 1. The van der Waals surface area contributed by atoms with Gasteiger partial charge in [-0.25, -0.2) is 4.98 Å². The second kappa shape index (κ2) is 6.20. The molecule has 2 aromatic heterocycles.